The van der Waals surface area contributed by atoms with Gasteiger partial charge in [-0.3, -0.25) is 33.6 Å². The average molecular weight is 793 g/mol. The van der Waals surface area contributed by atoms with Crippen LogP contribution in [0.4, 0.5) is 0 Å². The summed E-state index contributed by atoms with van der Waals surface area (Å²) < 4.78 is 5.63. The predicted octanol–water partition coefficient (Wildman–Crippen LogP) is 2.21. The quantitative estimate of drug-likeness (QED) is 0.0928. The van der Waals surface area contributed by atoms with Crippen molar-refractivity contribution in [1.29, 1.82) is 0 Å². The summed E-state index contributed by atoms with van der Waals surface area (Å²) >= 11 is 0. The molecule has 2 aromatic rings. The Hall–Kier alpha value is -5.31. The number of amides is 6. The van der Waals surface area contributed by atoms with Crippen molar-refractivity contribution in [2.24, 2.45) is 5.41 Å². The smallest absolute Gasteiger partial charge is 0.290 e. The number of ketones is 1. The first-order valence-corrected chi connectivity index (χ1v) is 19.7. The Labute approximate surface area is 335 Å². The minimum Gasteiger partial charge on any atom is -0.493 e. The number of nitrogens with zero attached hydrogens (tertiary/aromatic N) is 2. The molecule has 0 unspecified atom stereocenters. The van der Waals surface area contributed by atoms with Crippen LogP contribution in [-0.2, 0) is 40.0 Å². The lowest BCUT2D eigenvalue weighted by molar-refractivity contribution is -0.145. The highest BCUT2D eigenvalue weighted by Gasteiger charge is 2.43. The maximum Gasteiger partial charge on any atom is 0.290 e. The van der Waals surface area contributed by atoms with E-state index in [1.165, 1.54) is 9.80 Å². The molecule has 57 heavy (non-hydrogen) atoms. The third kappa shape index (κ3) is 14.3. The van der Waals surface area contributed by atoms with Crippen molar-refractivity contribution < 1.29 is 43.4 Å². The lowest BCUT2D eigenvalue weighted by Gasteiger charge is -2.35. The number of unbranched alkanes of at least 4 members (excludes halogenated alkanes) is 2. The fourth-order valence-corrected chi connectivity index (χ4v) is 6.46. The summed E-state index contributed by atoms with van der Waals surface area (Å²) in [7, 11) is 3.11. The zero-order valence-electron chi connectivity index (χ0n) is 34.1. The molecule has 0 radical (unpaired) electrons. The second-order valence-corrected chi connectivity index (χ2v) is 15.6. The van der Waals surface area contributed by atoms with Crippen molar-refractivity contribution in [3.63, 3.8) is 0 Å². The highest BCUT2D eigenvalue weighted by Crippen LogP contribution is 2.26. The molecule has 0 bridgehead atoms. The number of likely N-dealkylation sites (tertiary alicyclic amines) is 1. The number of likely N-dealkylation sites (N-methyl/N-ethyl adjacent to an activating group) is 1. The van der Waals surface area contributed by atoms with E-state index in [9.17, 15) is 33.6 Å². The average Bonchev–Trinajstić information content (AvgIpc) is 3.68. The van der Waals surface area contributed by atoms with Crippen LogP contribution in [0.3, 0.4) is 0 Å². The van der Waals surface area contributed by atoms with E-state index in [1.54, 1.807) is 68.7 Å². The summed E-state index contributed by atoms with van der Waals surface area (Å²) in [6.07, 6.45) is 3.56. The molecule has 2 aromatic carbocycles. The van der Waals surface area contributed by atoms with Crippen molar-refractivity contribution in [3.8, 4) is 5.75 Å². The van der Waals surface area contributed by atoms with Gasteiger partial charge in [-0.2, -0.15) is 0 Å². The Balaban J connectivity index is 1.68. The maximum atomic E-state index is 14.1. The van der Waals surface area contributed by atoms with E-state index in [-0.39, 0.29) is 31.9 Å². The third-order valence-electron chi connectivity index (χ3n) is 9.58. The van der Waals surface area contributed by atoms with Gasteiger partial charge in [0.15, 0.2) is 0 Å². The van der Waals surface area contributed by atoms with Gasteiger partial charge in [-0.15, -0.1) is 0 Å². The van der Waals surface area contributed by atoms with Gasteiger partial charge in [0.05, 0.1) is 25.6 Å². The first-order valence-electron chi connectivity index (χ1n) is 19.7. The van der Waals surface area contributed by atoms with Crippen LogP contribution in [0.25, 0.3) is 0 Å². The second kappa shape index (κ2) is 22.4. The van der Waals surface area contributed by atoms with Crippen LogP contribution in [-0.4, -0.2) is 115 Å². The second-order valence-electron chi connectivity index (χ2n) is 15.6. The highest BCUT2D eigenvalue weighted by molar-refractivity contribution is 6.38. The predicted molar refractivity (Wildman–Crippen MR) is 214 cm³/mol. The summed E-state index contributed by atoms with van der Waals surface area (Å²) in [6.45, 7) is 7.44. The number of Topliss-reactive ketones (excluding diaryl/α,β-unsaturated/α-hetero) is 1. The molecule has 15 nitrogen and oxygen atoms in total. The number of benzene rings is 2. The Morgan fingerprint density at radius 3 is 2.28 bits per heavy atom. The van der Waals surface area contributed by atoms with E-state index in [2.05, 4.69) is 21.3 Å². The van der Waals surface area contributed by atoms with Crippen molar-refractivity contribution >= 4 is 41.2 Å². The molecule has 1 aliphatic heterocycles. The summed E-state index contributed by atoms with van der Waals surface area (Å²) in [6, 6.07) is 11.5. The van der Waals surface area contributed by atoms with Crippen LogP contribution in [0.2, 0.25) is 0 Å². The molecular weight excluding hydrogens is 732 g/mol. The van der Waals surface area contributed by atoms with E-state index in [4.69, 9.17) is 9.84 Å². The minimum atomic E-state index is -1.21. The summed E-state index contributed by atoms with van der Waals surface area (Å²) in [5.74, 6) is -3.94. The Kier molecular flexibility index (Phi) is 18.1. The molecule has 1 fully saturated rings. The van der Waals surface area contributed by atoms with E-state index in [1.807, 2.05) is 27.7 Å². The van der Waals surface area contributed by atoms with E-state index < -0.39 is 71.4 Å². The van der Waals surface area contributed by atoms with Crippen LogP contribution in [0.5, 0.6) is 5.75 Å². The fourth-order valence-electron chi connectivity index (χ4n) is 6.46. The zero-order chi connectivity index (χ0) is 42.1. The van der Waals surface area contributed by atoms with Gasteiger partial charge in [-0.1, -0.05) is 89.4 Å². The minimum absolute atomic E-state index is 0.000153. The first-order chi connectivity index (χ1) is 27.1. The van der Waals surface area contributed by atoms with Crippen molar-refractivity contribution in [1.82, 2.24) is 31.1 Å². The number of carbonyl (C=O) groups is 7. The molecule has 0 saturated carbocycles. The summed E-state index contributed by atoms with van der Waals surface area (Å²) in [4.78, 5) is 96.4. The van der Waals surface area contributed by atoms with Crippen LogP contribution >= 0.6 is 0 Å². The van der Waals surface area contributed by atoms with Crippen LogP contribution in [0.15, 0.2) is 54.6 Å². The lowest BCUT2D eigenvalue weighted by Crippen LogP contribution is -2.59. The number of aliphatic hydroxyl groups excluding tert-OH is 1. The van der Waals surface area contributed by atoms with E-state index in [0.29, 0.717) is 49.2 Å². The number of hydrogen-bond donors (Lipinski definition) is 5. The molecule has 1 saturated heterocycles. The molecule has 1 aliphatic rings. The molecule has 0 aliphatic carbocycles. The lowest BCUT2D eigenvalue weighted by atomic mass is 9.85. The van der Waals surface area contributed by atoms with Crippen molar-refractivity contribution in [2.45, 2.75) is 103 Å². The SMILES string of the molecule is CCCCC[C@H](NC(=O)[C@@H]1CCCN1C(=O)[C@@H](NC(=O)Cc1cccc(OCCCO)c1)C(C)(C)C)C(=O)C(=O)NCC(=O)N[C@H](C(=O)N(C)C)c1ccccc1. The van der Waals surface area contributed by atoms with E-state index >= 15 is 0 Å². The van der Waals surface area contributed by atoms with Gasteiger partial charge in [0.2, 0.25) is 35.3 Å². The Bertz CT molecular complexity index is 1690. The van der Waals surface area contributed by atoms with Gasteiger partial charge in [-0.25, -0.2) is 0 Å². The summed E-state index contributed by atoms with van der Waals surface area (Å²) in [5.41, 5.74) is 0.492. The van der Waals surface area contributed by atoms with Crippen LogP contribution < -0.4 is 26.0 Å². The van der Waals surface area contributed by atoms with Crippen LogP contribution in [0.1, 0.15) is 89.8 Å². The molecule has 5 N–H and O–H groups in total. The van der Waals surface area contributed by atoms with Gasteiger partial charge in [0.1, 0.15) is 23.9 Å². The maximum absolute atomic E-state index is 14.1. The van der Waals surface area contributed by atoms with Crippen molar-refractivity contribution in [3.05, 3.63) is 65.7 Å². The number of ether oxygens (including phenoxy) is 1. The molecule has 312 valence electrons. The summed E-state index contributed by atoms with van der Waals surface area (Å²) in [5, 5.41) is 19.6. The normalized spacial score (nSPS) is 15.4. The Morgan fingerprint density at radius 2 is 1.63 bits per heavy atom. The van der Waals surface area contributed by atoms with Gasteiger partial charge in [0, 0.05) is 33.7 Å². The largest absolute Gasteiger partial charge is 0.493 e. The number of rotatable bonds is 21. The van der Waals surface area contributed by atoms with Gasteiger partial charge in [-0.05, 0) is 47.9 Å². The first kappa shape index (κ1) is 46.1. The number of nitrogens with one attached hydrogen (secondary N) is 4. The molecule has 4 atom stereocenters. The molecular formula is C42H60N6O9. The van der Waals surface area contributed by atoms with Gasteiger partial charge < -0.3 is 40.9 Å². The highest BCUT2D eigenvalue weighted by atomic mass is 16.5. The number of aliphatic hydroxyl groups is 1. The van der Waals surface area contributed by atoms with Gasteiger partial charge in [0.25, 0.3) is 5.91 Å². The topological polar surface area (TPSA) is 204 Å². The molecule has 0 aromatic heterocycles. The van der Waals surface area contributed by atoms with Crippen LogP contribution in [0, 0.1) is 5.41 Å². The standard InChI is InChI=1S/C42H60N6O9/c1-7-8-10-20-31(36(52)39(54)43-27-34(51)45-35(40(55)47(5)6)29-17-11-9-12-18-29)44-38(53)32-21-14-22-48(32)41(56)37(42(2,3)4)46-33(50)26-28-16-13-19-30(25-28)57-24-15-23-49/h9,11-13,16-19,25,31-32,35,37,49H,7-8,10,14-15,20-24,26-27H2,1-6H3,(H,43,54)(H,44,53)(H,45,51)(H,46,50)/t31-,32-,35-,37+/m0/s1. The third-order valence-corrected chi connectivity index (χ3v) is 9.58. The fraction of sp³-hybridized carbons (Fsp3) is 0.548. The molecule has 1 heterocycles. The van der Waals surface area contributed by atoms with Crippen molar-refractivity contribution in [2.75, 3.05) is 40.4 Å². The molecule has 15 heteroatoms. The van der Waals surface area contributed by atoms with Gasteiger partial charge >= 0.3 is 0 Å². The molecule has 3 rings (SSSR count). The molecule has 6 amide bonds. The zero-order valence-corrected chi connectivity index (χ0v) is 34.1. The number of hydrogen-bond acceptors (Lipinski definition) is 9. The molecule has 0 spiro atoms. The number of carbonyl (C=O) groups excluding carboxylic acids is 7. The van der Waals surface area contributed by atoms with E-state index in [0.717, 1.165) is 12.8 Å². The monoisotopic (exact) mass is 792 g/mol. The Morgan fingerprint density at radius 1 is 0.912 bits per heavy atom.